The summed E-state index contributed by atoms with van der Waals surface area (Å²) < 4.78 is 40.7. The lowest BCUT2D eigenvalue weighted by molar-refractivity contribution is -0.135. The maximum Gasteiger partial charge on any atom is 0.411 e. The maximum absolute atomic E-state index is 14.8. The summed E-state index contributed by atoms with van der Waals surface area (Å²) in [4.78, 5) is 57.0. The van der Waals surface area contributed by atoms with Crippen LogP contribution in [0.1, 0.15) is 37.8 Å². The molecule has 3 aliphatic rings. The quantitative estimate of drug-likeness (QED) is 0.358. The number of nitrogens with zero attached hydrogens (tertiary/aromatic N) is 5. The molecule has 2 amide bonds. The van der Waals surface area contributed by atoms with Crippen molar-refractivity contribution in [2.75, 3.05) is 57.7 Å². The number of aliphatic carboxylic acids is 2. The van der Waals surface area contributed by atoms with Gasteiger partial charge in [-0.05, 0) is 75.4 Å². The number of carboxylic acids is 2. The first-order valence-corrected chi connectivity index (χ1v) is 18.7. The highest BCUT2D eigenvalue weighted by Gasteiger charge is 2.61. The number of carboxylic acid groups (broad SMARTS) is 2. The molecule has 0 aliphatic carbocycles. The van der Waals surface area contributed by atoms with Crippen molar-refractivity contribution in [2.24, 2.45) is 0 Å². The lowest BCUT2D eigenvalue weighted by Crippen LogP contribution is -2.55. The second kappa shape index (κ2) is 17.6. The second-order valence-electron chi connectivity index (χ2n) is 12.4. The van der Waals surface area contributed by atoms with Gasteiger partial charge in [0, 0.05) is 62.9 Å². The van der Waals surface area contributed by atoms with Gasteiger partial charge in [-0.25, -0.2) is 18.2 Å². The van der Waals surface area contributed by atoms with Gasteiger partial charge in [0.05, 0.1) is 23.4 Å². The topological polar surface area (TPSA) is 187 Å². The molecule has 2 aromatic carbocycles. The number of methoxy groups -OCH3 is 1. The Bertz CT molecular complexity index is 1920. The molecule has 3 aromatic rings. The molecule has 1 atom stereocenters. The minimum atomic E-state index is -4.60. The van der Waals surface area contributed by atoms with Crippen molar-refractivity contribution in [3.05, 3.63) is 82.0 Å². The number of likely N-dealkylation sites (tertiary alicyclic amines) is 1. The van der Waals surface area contributed by atoms with E-state index < -0.39 is 39.6 Å². The van der Waals surface area contributed by atoms with Crippen LogP contribution in [-0.2, 0) is 34.7 Å². The van der Waals surface area contributed by atoms with Gasteiger partial charge in [-0.2, -0.15) is 4.31 Å². The molecule has 1 aromatic heterocycles. The maximum atomic E-state index is 14.8. The highest BCUT2D eigenvalue weighted by molar-refractivity contribution is 7.93. The number of carbonyl (C=O) groups is 4. The summed E-state index contributed by atoms with van der Waals surface area (Å²) in [5.74, 6) is -2.74. The zero-order valence-corrected chi connectivity index (χ0v) is 31.9. The average Bonchev–Trinajstić information content (AvgIpc) is 3.35. The van der Waals surface area contributed by atoms with E-state index in [1.165, 1.54) is 55.8 Å². The number of piperidine rings is 1. The van der Waals surface area contributed by atoms with Gasteiger partial charge >= 0.3 is 6.09 Å². The highest BCUT2D eigenvalue weighted by Crippen LogP contribution is 2.52. The molecule has 15 nitrogen and oxygen atoms in total. The molecular formula is C35H41Cl2N5O10S. The number of hydrogen-bond acceptors (Lipinski definition) is 11. The largest absolute Gasteiger partial charge is 0.481 e. The predicted octanol–water partition coefficient (Wildman–Crippen LogP) is 4.41. The number of hydrogen-bond donors (Lipinski definition) is 2. The highest BCUT2D eigenvalue weighted by atomic mass is 35.5. The van der Waals surface area contributed by atoms with Gasteiger partial charge in [-0.3, -0.25) is 19.3 Å². The number of halogens is 2. The predicted molar refractivity (Wildman–Crippen MR) is 196 cm³/mol. The first kappa shape index (κ1) is 41.3. The Morgan fingerprint density at radius 3 is 2.08 bits per heavy atom. The standard InChI is InChI=1S/C31H33Cl2N5O6S.2C2H4O2/c1-35-14-11-22(12-15-35)36-16-18-37(19-17-36)30(40)44-31(23-6-5-13-34-28(23)43-2)24-20-21(32)9-10-26(24)38(29(31)39)45(41,42)27-8-4-3-7-25(27)33;2*1-2(3)4/h3-10,13,20,22H,11-12,14-19H2,1-2H3;2*1H3,(H,3,4). The lowest BCUT2D eigenvalue weighted by Gasteiger charge is -2.42. The van der Waals surface area contributed by atoms with E-state index in [1.807, 2.05) is 0 Å². The third-order valence-electron chi connectivity index (χ3n) is 8.76. The van der Waals surface area contributed by atoms with E-state index in [4.69, 9.17) is 52.5 Å². The molecule has 53 heavy (non-hydrogen) atoms. The molecule has 286 valence electrons. The second-order valence-corrected chi connectivity index (χ2v) is 15.0. The molecule has 0 spiro atoms. The normalized spacial score (nSPS) is 19.2. The van der Waals surface area contributed by atoms with Crippen LogP contribution in [0.3, 0.4) is 0 Å². The van der Waals surface area contributed by atoms with Crippen LogP contribution >= 0.6 is 23.2 Å². The van der Waals surface area contributed by atoms with Gasteiger partial charge in [-0.1, -0.05) is 35.3 Å². The van der Waals surface area contributed by atoms with Gasteiger partial charge in [-0.15, -0.1) is 0 Å². The first-order valence-electron chi connectivity index (χ1n) is 16.5. The Morgan fingerprint density at radius 2 is 1.49 bits per heavy atom. The molecule has 6 rings (SSSR count). The molecule has 0 bridgehead atoms. The fraction of sp³-hybridized carbons (Fsp3) is 0.400. The molecule has 0 radical (unpaired) electrons. The summed E-state index contributed by atoms with van der Waals surface area (Å²) >= 11 is 12.8. The molecule has 2 fully saturated rings. The molecule has 3 aliphatic heterocycles. The third kappa shape index (κ3) is 9.19. The van der Waals surface area contributed by atoms with Crippen LogP contribution in [0, 0.1) is 0 Å². The summed E-state index contributed by atoms with van der Waals surface area (Å²) in [5, 5.41) is 15.0. The van der Waals surface area contributed by atoms with Crippen LogP contribution in [-0.4, -0.2) is 122 Å². The van der Waals surface area contributed by atoms with E-state index in [0.29, 0.717) is 36.5 Å². The molecule has 2 N–H and O–H groups in total. The number of sulfonamides is 1. The number of benzene rings is 2. The van der Waals surface area contributed by atoms with Crippen molar-refractivity contribution >= 4 is 62.9 Å². The summed E-state index contributed by atoms with van der Waals surface area (Å²) in [6.45, 7) is 6.28. The summed E-state index contributed by atoms with van der Waals surface area (Å²) in [7, 11) is -1.12. The fourth-order valence-corrected chi connectivity index (χ4v) is 8.51. The zero-order chi connectivity index (χ0) is 39.1. The first-order chi connectivity index (χ1) is 25.0. The Labute approximate surface area is 317 Å². The van der Waals surface area contributed by atoms with Gasteiger partial charge in [0.15, 0.2) is 0 Å². The Morgan fingerprint density at radius 1 is 0.887 bits per heavy atom. The number of ether oxygens (including phenoxy) is 2. The molecular weight excluding hydrogens is 753 g/mol. The fourth-order valence-electron chi connectivity index (χ4n) is 6.39. The number of aromatic nitrogens is 1. The number of rotatable bonds is 6. The van der Waals surface area contributed by atoms with E-state index in [9.17, 15) is 18.0 Å². The smallest absolute Gasteiger partial charge is 0.411 e. The third-order valence-corrected chi connectivity index (χ3v) is 11.2. The Kier molecular flexibility index (Phi) is 13.7. The monoisotopic (exact) mass is 793 g/mol. The molecule has 0 saturated carbocycles. The van der Waals surface area contributed by atoms with Crippen LogP contribution in [0.5, 0.6) is 5.88 Å². The van der Waals surface area contributed by atoms with Crippen LogP contribution in [0.25, 0.3) is 0 Å². The number of carbonyl (C=O) groups excluding carboxylic acids is 2. The van der Waals surface area contributed by atoms with E-state index in [0.717, 1.165) is 39.8 Å². The van der Waals surface area contributed by atoms with Gasteiger partial charge < -0.3 is 29.5 Å². The van der Waals surface area contributed by atoms with Crippen molar-refractivity contribution in [1.29, 1.82) is 0 Å². The number of fused-ring (bicyclic) bond motifs is 1. The van der Waals surface area contributed by atoms with Crippen molar-refractivity contribution in [1.82, 2.24) is 19.7 Å². The molecule has 2 saturated heterocycles. The number of pyridine rings is 1. The molecule has 4 heterocycles. The summed E-state index contributed by atoms with van der Waals surface area (Å²) in [6.07, 6.45) is 2.80. The average molecular weight is 795 g/mol. The lowest BCUT2D eigenvalue weighted by atomic mass is 9.87. The van der Waals surface area contributed by atoms with Crippen LogP contribution in [0.2, 0.25) is 10.0 Å². The molecule has 18 heteroatoms. The minimum Gasteiger partial charge on any atom is -0.481 e. The van der Waals surface area contributed by atoms with E-state index in [1.54, 1.807) is 17.0 Å². The SMILES string of the molecule is CC(=O)O.CC(=O)O.COc1ncccc1C1(OC(=O)N2CCN(C3CCN(C)CC3)CC2)C(=O)N(S(=O)(=O)c2ccccc2Cl)c2ccc(Cl)cc21. The Hall–Kier alpha value is -4.48. The van der Waals surface area contributed by atoms with E-state index in [2.05, 4.69) is 21.8 Å². The number of amides is 2. The Balaban J connectivity index is 0.000000714. The van der Waals surface area contributed by atoms with Gasteiger partial charge in [0.1, 0.15) is 4.90 Å². The van der Waals surface area contributed by atoms with E-state index in [-0.39, 0.29) is 37.6 Å². The molecule has 1 unspecified atom stereocenters. The van der Waals surface area contributed by atoms with Crippen LogP contribution in [0.4, 0.5) is 10.5 Å². The van der Waals surface area contributed by atoms with Gasteiger partial charge in [0.25, 0.3) is 33.5 Å². The van der Waals surface area contributed by atoms with E-state index >= 15 is 0 Å². The number of piperazine rings is 1. The zero-order valence-electron chi connectivity index (χ0n) is 29.6. The van der Waals surface area contributed by atoms with Gasteiger partial charge in [0.2, 0.25) is 5.88 Å². The summed E-state index contributed by atoms with van der Waals surface area (Å²) in [6, 6.07) is 13.6. The van der Waals surface area contributed by atoms with Crippen LogP contribution < -0.4 is 9.04 Å². The van der Waals surface area contributed by atoms with Crippen molar-refractivity contribution in [2.45, 2.75) is 43.2 Å². The van der Waals surface area contributed by atoms with Crippen LogP contribution in [0.15, 0.2) is 65.7 Å². The van der Waals surface area contributed by atoms with Crippen molar-refractivity contribution < 1.29 is 47.3 Å². The summed E-state index contributed by atoms with van der Waals surface area (Å²) in [5.41, 5.74) is -2.22. The van der Waals surface area contributed by atoms with Crippen molar-refractivity contribution in [3.8, 4) is 5.88 Å². The van der Waals surface area contributed by atoms with Crippen molar-refractivity contribution in [3.63, 3.8) is 0 Å². The number of anilines is 1. The minimum absolute atomic E-state index is 0.0198.